The second-order valence-electron chi connectivity index (χ2n) is 5.18. The van der Waals surface area contributed by atoms with Crippen LogP contribution in [0.2, 0.25) is 0 Å². The molecule has 0 spiro atoms. The van der Waals surface area contributed by atoms with Crippen LogP contribution >= 0.6 is 0 Å². The Hall–Kier alpha value is -2.18. The number of hydrogen-bond acceptors (Lipinski definition) is 1. The molecule has 0 amide bonds. The number of anilines is 2. The van der Waals surface area contributed by atoms with Crippen LogP contribution in [0.4, 0.5) is 37.7 Å². The van der Waals surface area contributed by atoms with E-state index >= 15 is 0 Å². The predicted molar refractivity (Wildman–Crippen MR) is 75.6 cm³/mol. The fourth-order valence-electron chi connectivity index (χ4n) is 2.11. The zero-order valence-electron chi connectivity index (χ0n) is 12.2. The van der Waals surface area contributed by atoms with Crippen LogP contribution in [0.5, 0.6) is 0 Å². The maximum absolute atomic E-state index is 12.6. The number of aryl methyl sites for hydroxylation is 2. The lowest BCUT2D eigenvalue weighted by atomic mass is 10.1. The molecule has 0 aromatic heterocycles. The van der Waals surface area contributed by atoms with E-state index in [2.05, 4.69) is 5.32 Å². The molecule has 2 rings (SSSR count). The minimum absolute atomic E-state index is 0.346. The molecule has 2 aromatic carbocycles. The maximum atomic E-state index is 12.6. The monoisotopic (exact) mass is 333 g/mol. The molecule has 0 atom stereocenters. The molecule has 0 aliphatic carbocycles. The summed E-state index contributed by atoms with van der Waals surface area (Å²) in [5.74, 6) is 0. The summed E-state index contributed by atoms with van der Waals surface area (Å²) in [5, 5.41) is 2.86. The van der Waals surface area contributed by atoms with Crippen molar-refractivity contribution in [3.05, 3.63) is 58.7 Å². The van der Waals surface area contributed by atoms with E-state index in [9.17, 15) is 26.3 Å². The standard InChI is InChI=1S/C16H13F6N/c1-9-7-11(15(17,18)19)3-5-13(9)23-14-6-4-12(8-10(14)2)16(20,21)22/h3-8,23H,1-2H3. The Labute approximate surface area is 128 Å². The lowest BCUT2D eigenvalue weighted by Gasteiger charge is -2.15. The van der Waals surface area contributed by atoms with Gasteiger partial charge in [0.1, 0.15) is 0 Å². The third-order valence-corrected chi connectivity index (χ3v) is 3.38. The number of alkyl halides is 6. The largest absolute Gasteiger partial charge is 0.416 e. The van der Waals surface area contributed by atoms with E-state index in [4.69, 9.17) is 0 Å². The van der Waals surface area contributed by atoms with E-state index < -0.39 is 23.5 Å². The van der Waals surface area contributed by atoms with Crippen LogP contribution in [0.1, 0.15) is 22.3 Å². The average molecular weight is 333 g/mol. The van der Waals surface area contributed by atoms with E-state index in [0.29, 0.717) is 22.5 Å². The van der Waals surface area contributed by atoms with Gasteiger partial charge in [0.05, 0.1) is 11.1 Å². The lowest BCUT2D eigenvalue weighted by Crippen LogP contribution is -2.07. The van der Waals surface area contributed by atoms with Crippen LogP contribution in [0.3, 0.4) is 0 Å². The van der Waals surface area contributed by atoms with Crippen molar-refractivity contribution in [3.8, 4) is 0 Å². The van der Waals surface area contributed by atoms with Crippen LogP contribution < -0.4 is 5.32 Å². The van der Waals surface area contributed by atoms with Crippen molar-refractivity contribution < 1.29 is 26.3 Å². The minimum atomic E-state index is -4.44. The normalized spacial score (nSPS) is 12.3. The summed E-state index contributed by atoms with van der Waals surface area (Å²) in [5.41, 5.74) is -0.0469. The molecule has 0 heterocycles. The second-order valence-corrected chi connectivity index (χ2v) is 5.18. The highest BCUT2D eigenvalue weighted by molar-refractivity contribution is 5.66. The van der Waals surface area contributed by atoms with E-state index in [1.165, 1.54) is 26.0 Å². The molecule has 0 aliphatic rings. The highest BCUT2D eigenvalue weighted by Gasteiger charge is 2.31. The van der Waals surface area contributed by atoms with Gasteiger partial charge in [-0.25, -0.2) is 0 Å². The number of rotatable bonds is 2. The van der Waals surface area contributed by atoms with Crippen LogP contribution in [0, 0.1) is 13.8 Å². The summed E-state index contributed by atoms with van der Waals surface area (Å²) < 4.78 is 75.7. The van der Waals surface area contributed by atoms with Crippen molar-refractivity contribution in [2.75, 3.05) is 5.32 Å². The highest BCUT2D eigenvalue weighted by Crippen LogP contribution is 2.34. The van der Waals surface area contributed by atoms with Crippen molar-refractivity contribution in [2.24, 2.45) is 0 Å². The van der Waals surface area contributed by atoms with Gasteiger partial charge in [-0.1, -0.05) is 0 Å². The van der Waals surface area contributed by atoms with Gasteiger partial charge >= 0.3 is 12.4 Å². The topological polar surface area (TPSA) is 12.0 Å². The number of benzene rings is 2. The van der Waals surface area contributed by atoms with E-state index in [1.807, 2.05) is 0 Å². The molecular formula is C16H13F6N. The highest BCUT2D eigenvalue weighted by atomic mass is 19.4. The fraction of sp³-hybridized carbons (Fsp3) is 0.250. The van der Waals surface area contributed by atoms with Crippen LogP contribution in [-0.4, -0.2) is 0 Å². The summed E-state index contributed by atoms with van der Waals surface area (Å²) >= 11 is 0. The van der Waals surface area contributed by atoms with Crippen LogP contribution in [0.15, 0.2) is 36.4 Å². The van der Waals surface area contributed by atoms with Gasteiger partial charge in [-0.3, -0.25) is 0 Å². The zero-order chi connectivity index (χ0) is 17.4. The number of hydrogen-bond donors (Lipinski definition) is 1. The SMILES string of the molecule is Cc1cc(C(F)(F)F)ccc1Nc1ccc(C(F)(F)F)cc1C. The van der Waals surface area contributed by atoms with Crippen LogP contribution in [-0.2, 0) is 12.4 Å². The Balaban J connectivity index is 2.30. The van der Waals surface area contributed by atoms with Gasteiger partial charge in [-0.05, 0) is 61.4 Å². The van der Waals surface area contributed by atoms with Crippen molar-refractivity contribution in [3.63, 3.8) is 0 Å². The predicted octanol–water partition coefficient (Wildman–Crippen LogP) is 6.08. The molecule has 23 heavy (non-hydrogen) atoms. The molecule has 7 heteroatoms. The molecule has 0 bridgehead atoms. The van der Waals surface area contributed by atoms with E-state index in [0.717, 1.165) is 24.3 Å². The second kappa shape index (κ2) is 5.79. The van der Waals surface area contributed by atoms with E-state index in [1.54, 1.807) is 0 Å². The Morgan fingerprint density at radius 1 is 0.652 bits per heavy atom. The summed E-state index contributed by atoms with van der Waals surface area (Å²) in [6.45, 7) is 2.99. The molecule has 0 saturated heterocycles. The molecule has 1 N–H and O–H groups in total. The van der Waals surface area contributed by atoms with Crippen molar-refractivity contribution in [1.29, 1.82) is 0 Å². The summed E-state index contributed by atoms with van der Waals surface area (Å²) in [6, 6.07) is 6.34. The van der Waals surface area contributed by atoms with Gasteiger partial charge in [0.2, 0.25) is 0 Å². The summed E-state index contributed by atoms with van der Waals surface area (Å²) in [6.07, 6.45) is -8.87. The fourth-order valence-corrected chi connectivity index (χ4v) is 2.11. The third kappa shape index (κ3) is 3.97. The number of nitrogens with one attached hydrogen (secondary N) is 1. The molecule has 1 nitrogen and oxygen atoms in total. The van der Waals surface area contributed by atoms with Gasteiger partial charge in [0.15, 0.2) is 0 Å². The molecule has 2 aromatic rings. The first-order chi connectivity index (χ1) is 10.5. The van der Waals surface area contributed by atoms with Crippen molar-refractivity contribution >= 4 is 11.4 Å². The first-order valence-electron chi connectivity index (χ1n) is 6.61. The molecule has 0 unspecified atom stereocenters. The van der Waals surface area contributed by atoms with E-state index in [-0.39, 0.29) is 0 Å². The zero-order valence-corrected chi connectivity index (χ0v) is 12.2. The molecular weight excluding hydrogens is 320 g/mol. The smallest absolute Gasteiger partial charge is 0.355 e. The molecule has 0 fully saturated rings. The summed E-state index contributed by atoms with van der Waals surface area (Å²) in [7, 11) is 0. The first-order valence-corrected chi connectivity index (χ1v) is 6.61. The molecule has 0 aliphatic heterocycles. The Kier molecular flexibility index (Phi) is 4.32. The maximum Gasteiger partial charge on any atom is 0.416 e. The first kappa shape index (κ1) is 17.2. The Morgan fingerprint density at radius 2 is 1.00 bits per heavy atom. The summed E-state index contributed by atoms with van der Waals surface area (Å²) in [4.78, 5) is 0. The Bertz CT molecular complexity index is 654. The van der Waals surface area contributed by atoms with Gasteiger partial charge in [-0.2, -0.15) is 26.3 Å². The van der Waals surface area contributed by atoms with Gasteiger partial charge in [0, 0.05) is 11.4 Å². The van der Waals surface area contributed by atoms with Crippen molar-refractivity contribution in [2.45, 2.75) is 26.2 Å². The number of halogens is 6. The quantitative estimate of drug-likeness (QED) is 0.656. The molecule has 124 valence electrons. The Morgan fingerprint density at radius 3 is 1.26 bits per heavy atom. The van der Waals surface area contributed by atoms with Gasteiger partial charge in [0.25, 0.3) is 0 Å². The van der Waals surface area contributed by atoms with Gasteiger partial charge < -0.3 is 5.32 Å². The van der Waals surface area contributed by atoms with Crippen molar-refractivity contribution in [1.82, 2.24) is 0 Å². The minimum Gasteiger partial charge on any atom is -0.355 e. The lowest BCUT2D eigenvalue weighted by molar-refractivity contribution is -0.138. The molecule has 0 radical (unpaired) electrons. The third-order valence-electron chi connectivity index (χ3n) is 3.38. The molecule has 0 saturated carbocycles. The van der Waals surface area contributed by atoms with Gasteiger partial charge in [-0.15, -0.1) is 0 Å². The average Bonchev–Trinajstić information content (AvgIpc) is 2.40. The van der Waals surface area contributed by atoms with Crippen LogP contribution in [0.25, 0.3) is 0 Å².